The summed E-state index contributed by atoms with van der Waals surface area (Å²) in [7, 11) is 1.52. The highest BCUT2D eigenvalue weighted by atomic mass is 35.5. The third kappa shape index (κ3) is 3.37. The van der Waals surface area contributed by atoms with Gasteiger partial charge in [0, 0.05) is 13.1 Å². The van der Waals surface area contributed by atoms with Crippen LogP contribution in [0.5, 0.6) is 5.75 Å². The Morgan fingerprint density at radius 2 is 2.00 bits per heavy atom. The van der Waals surface area contributed by atoms with Crippen LogP contribution >= 0.6 is 11.6 Å². The number of ether oxygens (including phenoxy) is 1. The number of aliphatic hydroxyl groups excluding tert-OH is 1. The van der Waals surface area contributed by atoms with E-state index in [-0.39, 0.29) is 11.8 Å². The maximum absolute atomic E-state index is 9.25. The third-order valence-electron chi connectivity index (χ3n) is 2.83. The van der Waals surface area contributed by atoms with Gasteiger partial charge in [0.2, 0.25) is 0 Å². The second kappa shape index (κ2) is 7.07. The molecule has 2 rings (SSSR count). The lowest BCUT2D eigenvalue weighted by Crippen LogP contribution is -2.27. The minimum absolute atomic E-state index is 0.0115. The molecule has 0 spiro atoms. The van der Waals surface area contributed by atoms with Crippen LogP contribution in [0.25, 0.3) is 0 Å². The number of benzene rings is 1. The Morgan fingerprint density at radius 1 is 1.25 bits per heavy atom. The van der Waals surface area contributed by atoms with Gasteiger partial charge in [0.05, 0.1) is 13.7 Å². The number of rotatable bonds is 6. The summed E-state index contributed by atoms with van der Waals surface area (Å²) in [5, 5.41) is 9.51. The van der Waals surface area contributed by atoms with E-state index in [9.17, 15) is 5.11 Å². The summed E-state index contributed by atoms with van der Waals surface area (Å²) >= 11 is 6.01. The van der Waals surface area contributed by atoms with E-state index in [0.717, 1.165) is 5.56 Å². The van der Waals surface area contributed by atoms with Gasteiger partial charge in [-0.25, -0.2) is 9.97 Å². The van der Waals surface area contributed by atoms with E-state index in [1.807, 2.05) is 35.2 Å². The first-order valence-corrected chi connectivity index (χ1v) is 6.58. The zero-order chi connectivity index (χ0) is 14.4. The van der Waals surface area contributed by atoms with Gasteiger partial charge in [-0.2, -0.15) is 0 Å². The lowest BCUT2D eigenvalue weighted by molar-refractivity contribution is 0.300. The van der Waals surface area contributed by atoms with Crippen LogP contribution in [0.1, 0.15) is 5.56 Å². The lowest BCUT2D eigenvalue weighted by atomic mass is 10.2. The normalized spacial score (nSPS) is 10.3. The molecule has 0 aliphatic rings. The van der Waals surface area contributed by atoms with Crippen molar-refractivity contribution >= 4 is 17.4 Å². The molecule has 20 heavy (non-hydrogen) atoms. The second-order valence-corrected chi connectivity index (χ2v) is 4.51. The highest BCUT2D eigenvalue weighted by Gasteiger charge is 2.17. The van der Waals surface area contributed by atoms with E-state index >= 15 is 0 Å². The summed E-state index contributed by atoms with van der Waals surface area (Å²) in [6.45, 7) is 1.04. The molecule has 1 aromatic carbocycles. The van der Waals surface area contributed by atoms with Crippen LogP contribution in [-0.4, -0.2) is 35.3 Å². The van der Waals surface area contributed by atoms with Crippen molar-refractivity contribution in [3.63, 3.8) is 0 Å². The SMILES string of the molecule is COc1c(Cl)ncnc1N(CCO)Cc1ccccc1. The fourth-order valence-electron chi connectivity index (χ4n) is 1.93. The number of hydrogen-bond acceptors (Lipinski definition) is 5. The molecule has 1 aromatic heterocycles. The molecule has 0 saturated heterocycles. The molecule has 0 radical (unpaired) electrons. The zero-order valence-corrected chi connectivity index (χ0v) is 11.9. The van der Waals surface area contributed by atoms with Crippen LogP contribution in [0.3, 0.4) is 0 Å². The topological polar surface area (TPSA) is 58.5 Å². The van der Waals surface area contributed by atoms with Gasteiger partial charge in [-0.05, 0) is 5.56 Å². The Kier molecular flexibility index (Phi) is 5.15. The third-order valence-corrected chi connectivity index (χ3v) is 3.10. The first kappa shape index (κ1) is 14.6. The van der Waals surface area contributed by atoms with Gasteiger partial charge in [-0.15, -0.1) is 0 Å². The van der Waals surface area contributed by atoms with Gasteiger partial charge >= 0.3 is 0 Å². The molecule has 106 valence electrons. The second-order valence-electron chi connectivity index (χ2n) is 4.15. The van der Waals surface area contributed by atoms with E-state index in [0.29, 0.717) is 24.7 Å². The number of aromatic nitrogens is 2. The highest BCUT2D eigenvalue weighted by molar-refractivity contribution is 6.31. The fraction of sp³-hybridized carbons (Fsp3) is 0.286. The van der Waals surface area contributed by atoms with Crippen molar-refractivity contribution in [1.82, 2.24) is 9.97 Å². The Morgan fingerprint density at radius 3 is 2.65 bits per heavy atom. The Hall–Kier alpha value is -1.85. The molecule has 5 nitrogen and oxygen atoms in total. The molecule has 0 fully saturated rings. The van der Waals surface area contributed by atoms with E-state index in [2.05, 4.69) is 9.97 Å². The van der Waals surface area contributed by atoms with Crippen molar-refractivity contribution in [2.75, 3.05) is 25.2 Å². The van der Waals surface area contributed by atoms with Crippen LogP contribution in [0.15, 0.2) is 36.7 Å². The molecule has 0 unspecified atom stereocenters. The van der Waals surface area contributed by atoms with Crippen molar-refractivity contribution in [3.8, 4) is 5.75 Å². The lowest BCUT2D eigenvalue weighted by Gasteiger charge is -2.24. The van der Waals surface area contributed by atoms with Crippen molar-refractivity contribution in [1.29, 1.82) is 0 Å². The van der Waals surface area contributed by atoms with E-state index in [1.54, 1.807) is 0 Å². The minimum atomic E-state index is 0.0115. The highest BCUT2D eigenvalue weighted by Crippen LogP contribution is 2.32. The number of methoxy groups -OCH3 is 1. The van der Waals surface area contributed by atoms with Gasteiger partial charge in [-0.3, -0.25) is 0 Å². The zero-order valence-electron chi connectivity index (χ0n) is 11.2. The van der Waals surface area contributed by atoms with Crippen LogP contribution in [0.4, 0.5) is 5.82 Å². The Labute approximate surface area is 122 Å². The Balaban J connectivity index is 2.31. The average molecular weight is 294 g/mol. The molecule has 0 amide bonds. The fourth-order valence-corrected chi connectivity index (χ4v) is 2.13. The first-order valence-electron chi connectivity index (χ1n) is 6.20. The molecular weight excluding hydrogens is 278 g/mol. The summed E-state index contributed by atoms with van der Waals surface area (Å²) in [5.41, 5.74) is 1.11. The van der Waals surface area contributed by atoms with Crippen LogP contribution in [-0.2, 0) is 6.54 Å². The van der Waals surface area contributed by atoms with Gasteiger partial charge in [-0.1, -0.05) is 41.9 Å². The van der Waals surface area contributed by atoms with Gasteiger partial charge < -0.3 is 14.7 Å². The van der Waals surface area contributed by atoms with Crippen LogP contribution < -0.4 is 9.64 Å². The van der Waals surface area contributed by atoms with Gasteiger partial charge in [0.25, 0.3) is 0 Å². The van der Waals surface area contributed by atoms with E-state index in [4.69, 9.17) is 16.3 Å². The molecule has 6 heteroatoms. The average Bonchev–Trinajstić information content (AvgIpc) is 2.47. The van der Waals surface area contributed by atoms with Crippen molar-refractivity contribution in [2.24, 2.45) is 0 Å². The molecule has 0 aliphatic carbocycles. The molecule has 0 atom stereocenters. The van der Waals surface area contributed by atoms with Crippen molar-refractivity contribution in [2.45, 2.75) is 6.54 Å². The molecule has 0 aliphatic heterocycles. The summed E-state index contributed by atoms with van der Waals surface area (Å²) < 4.78 is 5.26. The predicted octanol–water partition coefficient (Wildman–Crippen LogP) is 2.14. The number of hydrogen-bond donors (Lipinski definition) is 1. The molecule has 1 heterocycles. The molecule has 0 bridgehead atoms. The van der Waals surface area contributed by atoms with Crippen molar-refractivity contribution in [3.05, 3.63) is 47.4 Å². The largest absolute Gasteiger partial charge is 0.490 e. The van der Waals surface area contributed by atoms with E-state index < -0.39 is 0 Å². The van der Waals surface area contributed by atoms with E-state index in [1.165, 1.54) is 13.4 Å². The summed E-state index contributed by atoms with van der Waals surface area (Å²) in [6, 6.07) is 9.93. The van der Waals surface area contributed by atoms with Gasteiger partial charge in [0.15, 0.2) is 16.7 Å². The smallest absolute Gasteiger partial charge is 0.199 e. The summed E-state index contributed by atoms with van der Waals surface area (Å²) in [4.78, 5) is 10.0. The number of aliphatic hydroxyl groups is 1. The number of halogens is 1. The monoisotopic (exact) mass is 293 g/mol. The molecular formula is C14H16ClN3O2. The van der Waals surface area contributed by atoms with Crippen molar-refractivity contribution < 1.29 is 9.84 Å². The Bertz CT molecular complexity index is 551. The summed E-state index contributed by atoms with van der Waals surface area (Å²) in [6.07, 6.45) is 1.38. The van der Waals surface area contributed by atoms with Crippen LogP contribution in [0, 0.1) is 0 Å². The number of nitrogens with zero attached hydrogens (tertiary/aromatic N) is 3. The standard InChI is InChI=1S/C14H16ClN3O2/c1-20-12-13(15)16-10-17-14(12)18(7-8-19)9-11-5-3-2-4-6-11/h2-6,10,19H,7-9H2,1H3. The predicted molar refractivity (Wildman–Crippen MR) is 78.2 cm³/mol. The molecule has 0 saturated carbocycles. The summed E-state index contributed by atoms with van der Waals surface area (Å²) in [5.74, 6) is 0.990. The van der Waals surface area contributed by atoms with Gasteiger partial charge in [0.1, 0.15) is 6.33 Å². The van der Waals surface area contributed by atoms with Crippen LogP contribution in [0.2, 0.25) is 5.15 Å². The first-order chi connectivity index (χ1) is 9.76. The minimum Gasteiger partial charge on any atom is -0.490 e. The molecule has 1 N–H and O–H groups in total. The molecule has 2 aromatic rings. The maximum atomic E-state index is 9.25. The quantitative estimate of drug-likeness (QED) is 0.827. The maximum Gasteiger partial charge on any atom is 0.199 e. The number of anilines is 1.